The molecule has 0 heterocycles. The van der Waals surface area contributed by atoms with Crippen molar-refractivity contribution >= 4 is 11.6 Å². The van der Waals surface area contributed by atoms with Crippen LogP contribution < -0.4 is 0 Å². The third-order valence-corrected chi connectivity index (χ3v) is 2.12. The molecule has 0 fully saturated rings. The molecule has 86 valence electrons. The van der Waals surface area contributed by atoms with Crippen LogP contribution in [0.25, 0.3) is 0 Å². The fourth-order valence-corrected chi connectivity index (χ4v) is 1.35. The first-order valence-electron chi connectivity index (χ1n) is 5.04. The highest BCUT2D eigenvalue weighted by molar-refractivity contribution is 6.08. The van der Waals surface area contributed by atoms with E-state index in [0.29, 0.717) is 6.42 Å². The SMILES string of the molecule is CCCC(=O)CC(=O)c1cc(F)ccc1F. The van der Waals surface area contributed by atoms with Crippen LogP contribution in [-0.4, -0.2) is 11.6 Å². The van der Waals surface area contributed by atoms with E-state index in [-0.39, 0.29) is 24.2 Å². The molecule has 1 aromatic carbocycles. The fourth-order valence-electron chi connectivity index (χ4n) is 1.35. The van der Waals surface area contributed by atoms with E-state index in [4.69, 9.17) is 0 Å². The van der Waals surface area contributed by atoms with Crippen molar-refractivity contribution in [2.24, 2.45) is 0 Å². The minimum Gasteiger partial charge on any atom is -0.299 e. The van der Waals surface area contributed by atoms with Crippen LogP contribution in [0.2, 0.25) is 0 Å². The highest BCUT2D eigenvalue weighted by Crippen LogP contribution is 2.12. The van der Waals surface area contributed by atoms with Gasteiger partial charge in [0.15, 0.2) is 5.78 Å². The van der Waals surface area contributed by atoms with E-state index in [0.717, 1.165) is 18.2 Å². The van der Waals surface area contributed by atoms with Crippen molar-refractivity contribution in [3.8, 4) is 0 Å². The minimum atomic E-state index is -0.796. The van der Waals surface area contributed by atoms with Gasteiger partial charge in [-0.2, -0.15) is 0 Å². The molecule has 0 amide bonds. The van der Waals surface area contributed by atoms with Crippen molar-refractivity contribution in [3.05, 3.63) is 35.4 Å². The van der Waals surface area contributed by atoms with Gasteiger partial charge in [-0.3, -0.25) is 9.59 Å². The van der Waals surface area contributed by atoms with Gasteiger partial charge in [-0.05, 0) is 24.6 Å². The monoisotopic (exact) mass is 226 g/mol. The average Bonchev–Trinajstić information content (AvgIpc) is 2.21. The first-order valence-corrected chi connectivity index (χ1v) is 5.04. The van der Waals surface area contributed by atoms with Crippen LogP contribution in [0.3, 0.4) is 0 Å². The molecule has 0 aromatic heterocycles. The summed E-state index contributed by atoms with van der Waals surface area (Å²) in [7, 11) is 0. The third kappa shape index (κ3) is 3.22. The van der Waals surface area contributed by atoms with Crippen LogP contribution in [0, 0.1) is 11.6 Å². The second-order valence-electron chi connectivity index (χ2n) is 3.51. The lowest BCUT2D eigenvalue weighted by Gasteiger charge is -2.02. The minimum absolute atomic E-state index is 0.254. The predicted octanol–water partition coefficient (Wildman–Crippen LogP) is 2.91. The molecule has 1 aromatic rings. The Morgan fingerprint density at radius 1 is 1.25 bits per heavy atom. The quantitative estimate of drug-likeness (QED) is 0.571. The molecule has 0 N–H and O–H groups in total. The molecule has 0 bridgehead atoms. The summed E-state index contributed by atoms with van der Waals surface area (Å²) >= 11 is 0. The van der Waals surface area contributed by atoms with Gasteiger partial charge >= 0.3 is 0 Å². The highest BCUT2D eigenvalue weighted by Gasteiger charge is 2.15. The van der Waals surface area contributed by atoms with E-state index < -0.39 is 17.4 Å². The van der Waals surface area contributed by atoms with Crippen molar-refractivity contribution in [3.63, 3.8) is 0 Å². The molecule has 1 rings (SSSR count). The molecule has 0 saturated carbocycles. The van der Waals surface area contributed by atoms with Gasteiger partial charge < -0.3 is 0 Å². The molecule has 0 radical (unpaired) electrons. The molecule has 0 aliphatic heterocycles. The normalized spacial score (nSPS) is 10.2. The largest absolute Gasteiger partial charge is 0.299 e. The third-order valence-electron chi connectivity index (χ3n) is 2.12. The lowest BCUT2D eigenvalue weighted by atomic mass is 10.0. The van der Waals surface area contributed by atoms with Crippen LogP contribution >= 0.6 is 0 Å². The summed E-state index contributed by atoms with van der Waals surface area (Å²) in [6.45, 7) is 1.81. The Hall–Kier alpha value is -1.58. The number of ketones is 2. The molecule has 0 saturated heterocycles. The van der Waals surface area contributed by atoms with Crippen molar-refractivity contribution in [1.29, 1.82) is 0 Å². The Balaban J connectivity index is 2.80. The topological polar surface area (TPSA) is 34.1 Å². The lowest BCUT2D eigenvalue weighted by Crippen LogP contribution is -2.09. The zero-order chi connectivity index (χ0) is 12.1. The smallest absolute Gasteiger partial charge is 0.173 e. The molecule has 0 aliphatic carbocycles. The van der Waals surface area contributed by atoms with Crippen LogP contribution in [0.1, 0.15) is 36.5 Å². The second kappa shape index (κ2) is 5.49. The summed E-state index contributed by atoms with van der Waals surface area (Å²) < 4.78 is 25.9. The lowest BCUT2D eigenvalue weighted by molar-refractivity contribution is -0.118. The van der Waals surface area contributed by atoms with Gasteiger partial charge in [0.05, 0.1) is 12.0 Å². The van der Waals surface area contributed by atoms with Gasteiger partial charge in [0.1, 0.15) is 17.4 Å². The van der Waals surface area contributed by atoms with E-state index in [9.17, 15) is 18.4 Å². The van der Waals surface area contributed by atoms with Crippen molar-refractivity contribution < 1.29 is 18.4 Å². The zero-order valence-electron chi connectivity index (χ0n) is 8.93. The summed E-state index contributed by atoms with van der Waals surface area (Å²) in [4.78, 5) is 22.7. The van der Waals surface area contributed by atoms with E-state index in [1.165, 1.54) is 0 Å². The number of benzene rings is 1. The molecule has 0 atom stereocenters. The van der Waals surface area contributed by atoms with Gasteiger partial charge in [-0.1, -0.05) is 6.92 Å². The standard InChI is InChI=1S/C12H12F2O2/c1-2-3-9(15)7-12(16)10-6-8(13)4-5-11(10)14/h4-6H,2-3,7H2,1H3. The molecule has 0 aliphatic rings. The summed E-state index contributed by atoms with van der Waals surface area (Å²) in [5, 5.41) is 0. The van der Waals surface area contributed by atoms with Crippen LogP contribution in [0.15, 0.2) is 18.2 Å². The van der Waals surface area contributed by atoms with Crippen molar-refractivity contribution in [2.75, 3.05) is 0 Å². The number of carbonyl (C=O) groups excluding carboxylic acids is 2. The van der Waals surface area contributed by atoms with Gasteiger partial charge in [0, 0.05) is 6.42 Å². The molecule has 16 heavy (non-hydrogen) atoms. The molecular formula is C12H12F2O2. The first-order chi connectivity index (χ1) is 7.54. The van der Waals surface area contributed by atoms with Crippen molar-refractivity contribution in [1.82, 2.24) is 0 Å². The highest BCUT2D eigenvalue weighted by atomic mass is 19.1. The number of hydrogen-bond acceptors (Lipinski definition) is 2. The second-order valence-corrected chi connectivity index (χ2v) is 3.51. The first kappa shape index (κ1) is 12.5. The van der Waals surface area contributed by atoms with Crippen molar-refractivity contribution in [2.45, 2.75) is 26.2 Å². The Labute approximate surface area is 92.3 Å². The Bertz CT molecular complexity index is 413. The fraction of sp³-hybridized carbons (Fsp3) is 0.333. The Morgan fingerprint density at radius 3 is 2.56 bits per heavy atom. The number of rotatable bonds is 5. The Kier molecular flexibility index (Phi) is 4.28. The van der Waals surface area contributed by atoms with Gasteiger partial charge in [-0.15, -0.1) is 0 Å². The van der Waals surface area contributed by atoms with E-state index >= 15 is 0 Å². The zero-order valence-corrected chi connectivity index (χ0v) is 8.93. The van der Waals surface area contributed by atoms with Gasteiger partial charge in [0.2, 0.25) is 0 Å². The number of Topliss-reactive ketones (excluding diaryl/α,β-unsaturated/α-hetero) is 2. The molecule has 0 unspecified atom stereocenters. The maximum Gasteiger partial charge on any atom is 0.173 e. The van der Waals surface area contributed by atoms with E-state index in [2.05, 4.69) is 0 Å². The molecule has 4 heteroatoms. The number of carbonyl (C=O) groups is 2. The predicted molar refractivity (Wildman–Crippen MR) is 55.2 cm³/mol. The van der Waals surface area contributed by atoms with Gasteiger partial charge in [-0.25, -0.2) is 8.78 Å². The summed E-state index contributed by atoms with van der Waals surface area (Å²) in [5.41, 5.74) is -0.357. The van der Waals surface area contributed by atoms with Gasteiger partial charge in [0.25, 0.3) is 0 Å². The average molecular weight is 226 g/mol. The van der Waals surface area contributed by atoms with Crippen LogP contribution in [0.4, 0.5) is 8.78 Å². The maximum atomic E-state index is 13.2. The summed E-state index contributed by atoms with van der Waals surface area (Å²) in [6, 6.07) is 2.63. The summed E-state index contributed by atoms with van der Waals surface area (Å²) in [6.07, 6.45) is 0.550. The van der Waals surface area contributed by atoms with Crippen LogP contribution in [0.5, 0.6) is 0 Å². The number of hydrogen-bond donors (Lipinski definition) is 0. The van der Waals surface area contributed by atoms with Crippen LogP contribution in [-0.2, 0) is 4.79 Å². The number of halogens is 2. The molecule has 2 nitrogen and oxygen atoms in total. The van der Waals surface area contributed by atoms with E-state index in [1.54, 1.807) is 0 Å². The molecule has 0 spiro atoms. The maximum absolute atomic E-state index is 13.2. The Morgan fingerprint density at radius 2 is 1.94 bits per heavy atom. The van der Waals surface area contributed by atoms with E-state index in [1.807, 2.05) is 6.92 Å². The molecular weight excluding hydrogens is 214 g/mol. The summed E-state index contributed by atoms with van der Waals surface area (Å²) in [5.74, 6) is -2.41.